The summed E-state index contributed by atoms with van der Waals surface area (Å²) in [6, 6.07) is 23.0. The van der Waals surface area contributed by atoms with E-state index in [0.717, 1.165) is 25.5 Å². The Morgan fingerprint density at radius 1 is 1.09 bits per heavy atom. The summed E-state index contributed by atoms with van der Waals surface area (Å²) >= 11 is 3.42. The minimum absolute atomic E-state index is 0.165. The molecule has 0 aliphatic carbocycles. The smallest absolute Gasteiger partial charge is 0.338 e. The number of carbonyl (C=O) groups excluding carboxylic acids is 1. The summed E-state index contributed by atoms with van der Waals surface area (Å²) in [5.74, 6) is 0.153. The zero-order valence-corrected chi connectivity index (χ0v) is 27.6. The van der Waals surface area contributed by atoms with Crippen LogP contribution in [-0.4, -0.2) is 24.3 Å². The minimum Gasteiger partial charge on any atom is -0.493 e. The number of hydrogen-bond donors (Lipinski definition) is 0. The summed E-state index contributed by atoms with van der Waals surface area (Å²) in [5.41, 5.74) is 2.73. The van der Waals surface area contributed by atoms with Crippen molar-refractivity contribution < 1.29 is 23.4 Å². The van der Waals surface area contributed by atoms with Crippen LogP contribution in [0.5, 0.6) is 11.5 Å². The van der Waals surface area contributed by atoms with Crippen molar-refractivity contribution in [2.45, 2.75) is 26.5 Å². The quantitative estimate of drug-likeness (QED) is 0.139. The predicted octanol–water partition coefficient (Wildman–Crippen LogP) is 6.28. The lowest BCUT2D eigenvalue weighted by Crippen LogP contribution is -2.39. The number of carbonyl (C=O) groups is 1. The summed E-state index contributed by atoms with van der Waals surface area (Å²) in [5, 5.41) is 2.27. The number of esters is 1. The average molecular weight is 735 g/mol. The van der Waals surface area contributed by atoms with Crippen LogP contribution in [0.1, 0.15) is 36.6 Å². The molecule has 0 bridgehead atoms. The lowest BCUT2D eigenvalue weighted by atomic mass is 9.96. The first-order valence-electron chi connectivity index (χ1n) is 14.2. The molecule has 228 valence electrons. The number of allylic oxidation sites excluding steroid dienone is 1. The van der Waals surface area contributed by atoms with E-state index in [1.165, 1.54) is 28.0 Å². The Morgan fingerprint density at radius 2 is 1.84 bits per heavy atom. The van der Waals surface area contributed by atoms with E-state index in [0.29, 0.717) is 38.7 Å². The molecular formula is C35H28FIN2O5S. The third-order valence-electron chi connectivity index (χ3n) is 7.50. The van der Waals surface area contributed by atoms with Gasteiger partial charge >= 0.3 is 5.97 Å². The van der Waals surface area contributed by atoms with Gasteiger partial charge in [-0.3, -0.25) is 9.36 Å². The standard InChI is InChI=1S/C35H28FIN2O5S/c1-4-43-34(41)30-20(2)38-35-39(31(30)23-12-14-25(36)15-13-23)33(40)29(45-35)18-21-16-27(37)32(28(17-21)42-3)44-19-24-10-7-9-22-8-5-6-11-26(22)24/h5-18,31H,4,19H2,1-3H3/b29-18-/t31-/m1/s1. The Hall–Kier alpha value is -4.29. The van der Waals surface area contributed by atoms with Crippen molar-refractivity contribution in [3.8, 4) is 11.5 Å². The van der Waals surface area contributed by atoms with Crippen LogP contribution in [0.4, 0.5) is 4.39 Å². The molecule has 1 atom stereocenters. The lowest BCUT2D eigenvalue weighted by Gasteiger charge is -2.24. The van der Waals surface area contributed by atoms with Crippen molar-refractivity contribution in [3.05, 3.63) is 136 Å². The van der Waals surface area contributed by atoms with Crippen LogP contribution in [0, 0.1) is 9.39 Å². The van der Waals surface area contributed by atoms with Crippen molar-refractivity contribution in [2.24, 2.45) is 4.99 Å². The fraction of sp³-hybridized carbons (Fsp3) is 0.171. The molecule has 0 unspecified atom stereocenters. The summed E-state index contributed by atoms with van der Waals surface area (Å²) in [6.07, 6.45) is 1.77. The maximum atomic E-state index is 13.9. The van der Waals surface area contributed by atoms with Crippen molar-refractivity contribution in [2.75, 3.05) is 13.7 Å². The van der Waals surface area contributed by atoms with Crippen molar-refractivity contribution >= 4 is 56.7 Å². The number of benzene rings is 4. The topological polar surface area (TPSA) is 79.1 Å². The van der Waals surface area contributed by atoms with Gasteiger partial charge in [-0.2, -0.15) is 0 Å². The number of fused-ring (bicyclic) bond motifs is 2. The van der Waals surface area contributed by atoms with Gasteiger partial charge < -0.3 is 14.2 Å². The molecule has 4 aromatic carbocycles. The van der Waals surface area contributed by atoms with Crippen LogP contribution in [0.15, 0.2) is 99.9 Å². The second kappa shape index (κ2) is 13.0. The molecule has 0 fully saturated rings. The zero-order chi connectivity index (χ0) is 31.7. The molecule has 1 aliphatic rings. The van der Waals surface area contributed by atoms with E-state index in [2.05, 4.69) is 45.8 Å². The number of nitrogens with zero attached hydrogens (tertiary/aromatic N) is 2. The second-order valence-corrected chi connectivity index (χ2v) is 12.5. The Bertz CT molecular complexity index is 2150. The van der Waals surface area contributed by atoms with Gasteiger partial charge in [0.25, 0.3) is 5.56 Å². The normalized spacial score (nSPS) is 14.7. The van der Waals surface area contributed by atoms with Crippen LogP contribution < -0.4 is 24.4 Å². The molecule has 10 heteroatoms. The van der Waals surface area contributed by atoms with E-state index in [9.17, 15) is 14.0 Å². The van der Waals surface area contributed by atoms with Gasteiger partial charge in [-0.15, -0.1) is 0 Å². The number of thiazole rings is 1. The van der Waals surface area contributed by atoms with Gasteiger partial charge in [0.1, 0.15) is 12.4 Å². The van der Waals surface area contributed by atoms with E-state index in [1.54, 1.807) is 39.2 Å². The molecule has 0 amide bonds. The highest BCUT2D eigenvalue weighted by molar-refractivity contribution is 14.1. The molecule has 45 heavy (non-hydrogen) atoms. The highest BCUT2D eigenvalue weighted by atomic mass is 127. The molecule has 1 aliphatic heterocycles. The van der Waals surface area contributed by atoms with E-state index in [4.69, 9.17) is 14.2 Å². The van der Waals surface area contributed by atoms with Gasteiger partial charge in [-0.25, -0.2) is 14.2 Å². The largest absolute Gasteiger partial charge is 0.493 e. The lowest BCUT2D eigenvalue weighted by molar-refractivity contribution is -0.139. The Morgan fingerprint density at radius 3 is 2.60 bits per heavy atom. The molecule has 0 saturated carbocycles. The summed E-state index contributed by atoms with van der Waals surface area (Å²) < 4.78 is 33.9. The van der Waals surface area contributed by atoms with E-state index >= 15 is 0 Å². The Labute approximate surface area is 276 Å². The van der Waals surface area contributed by atoms with Crippen LogP contribution in [0.3, 0.4) is 0 Å². The van der Waals surface area contributed by atoms with Crippen LogP contribution in [0.2, 0.25) is 0 Å². The van der Waals surface area contributed by atoms with Gasteiger partial charge in [0.2, 0.25) is 0 Å². The minimum atomic E-state index is -0.817. The zero-order valence-electron chi connectivity index (χ0n) is 24.7. The maximum absolute atomic E-state index is 13.9. The van der Waals surface area contributed by atoms with Gasteiger partial charge in [0, 0.05) is 0 Å². The fourth-order valence-electron chi connectivity index (χ4n) is 5.43. The number of aromatic nitrogens is 1. The third-order valence-corrected chi connectivity index (χ3v) is 9.29. The molecule has 6 rings (SSSR count). The van der Waals surface area contributed by atoms with Crippen molar-refractivity contribution in [1.82, 2.24) is 4.57 Å². The fourth-order valence-corrected chi connectivity index (χ4v) is 7.26. The first-order valence-corrected chi connectivity index (χ1v) is 16.1. The Balaban J connectivity index is 1.39. The molecule has 1 aromatic heterocycles. The average Bonchev–Trinajstić information content (AvgIpc) is 3.33. The summed E-state index contributed by atoms with van der Waals surface area (Å²) in [7, 11) is 1.58. The molecule has 0 saturated heterocycles. The van der Waals surface area contributed by atoms with Gasteiger partial charge in [-0.1, -0.05) is 65.9 Å². The molecule has 7 nitrogen and oxygen atoms in total. The second-order valence-electron chi connectivity index (χ2n) is 10.3. The summed E-state index contributed by atoms with van der Waals surface area (Å²) in [6.45, 7) is 3.95. The number of methoxy groups -OCH3 is 1. The molecular weight excluding hydrogens is 706 g/mol. The molecule has 5 aromatic rings. The van der Waals surface area contributed by atoms with Crippen molar-refractivity contribution in [3.63, 3.8) is 0 Å². The maximum Gasteiger partial charge on any atom is 0.338 e. The van der Waals surface area contributed by atoms with E-state index < -0.39 is 17.8 Å². The molecule has 0 spiro atoms. The highest BCUT2D eigenvalue weighted by Gasteiger charge is 2.33. The van der Waals surface area contributed by atoms with Crippen molar-refractivity contribution in [1.29, 1.82) is 0 Å². The molecule has 0 radical (unpaired) electrons. The summed E-state index contributed by atoms with van der Waals surface area (Å²) in [4.78, 5) is 32.1. The Kier molecular flexibility index (Phi) is 8.86. The number of ether oxygens (including phenoxy) is 3. The van der Waals surface area contributed by atoms with E-state index in [-0.39, 0.29) is 17.7 Å². The first-order chi connectivity index (χ1) is 21.8. The third kappa shape index (κ3) is 6.04. The van der Waals surface area contributed by atoms with Gasteiger partial charge in [0.15, 0.2) is 16.3 Å². The van der Waals surface area contributed by atoms with Gasteiger partial charge in [-0.05, 0) is 94.2 Å². The highest BCUT2D eigenvalue weighted by Crippen LogP contribution is 2.35. The van der Waals surface area contributed by atoms with Crippen LogP contribution in [-0.2, 0) is 16.1 Å². The van der Waals surface area contributed by atoms with Crippen LogP contribution in [0.25, 0.3) is 16.8 Å². The van der Waals surface area contributed by atoms with Gasteiger partial charge in [0.05, 0.1) is 39.1 Å². The number of hydrogen-bond acceptors (Lipinski definition) is 7. The predicted molar refractivity (Wildman–Crippen MR) is 181 cm³/mol. The SMILES string of the molecule is CCOC(=O)C1=C(C)N=c2s/c(=C\c3cc(I)c(OCc4cccc5ccccc45)c(OC)c3)c(=O)n2[C@@H]1c1ccc(F)cc1. The number of rotatable bonds is 8. The first kappa shape index (κ1) is 30.7. The monoisotopic (exact) mass is 734 g/mol. The van der Waals surface area contributed by atoms with Crippen LogP contribution >= 0.6 is 33.9 Å². The number of halogens is 2. The van der Waals surface area contributed by atoms with E-state index in [1.807, 2.05) is 36.4 Å². The molecule has 0 N–H and O–H groups in total. The molecule has 2 heterocycles.